The molecule has 0 unspecified atom stereocenters. The number of carbonyl (C=O) groups is 1. The predicted octanol–water partition coefficient (Wildman–Crippen LogP) is 2.68. The van der Waals surface area contributed by atoms with Crippen LogP contribution in [0.4, 0.5) is 0 Å². The highest BCUT2D eigenvalue weighted by Gasteiger charge is 2.21. The number of fused-ring (bicyclic) bond motifs is 4. The van der Waals surface area contributed by atoms with Crippen molar-refractivity contribution >= 4 is 34.2 Å². The van der Waals surface area contributed by atoms with Crippen molar-refractivity contribution < 1.29 is 14.3 Å². The number of aryl methyl sites for hydroxylation is 1. The zero-order valence-electron chi connectivity index (χ0n) is 15.1. The van der Waals surface area contributed by atoms with Gasteiger partial charge in [0.2, 0.25) is 5.91 Å². The van der Waals surface area contributed by atoms with E-state index in [1.165, 1.54) is 11.8 Å². The van der Waals surface area contributed by atoms with E-state index < -0.39 is 0 Å². The van der Waals surface area contributed by atoms with E-state index in [1.54, 1.807) is 0 Å². The Morgan fingerprint density at radius 2 is 1.85 bits per heavy atom. The van der Waals surface area contributed by atoms with Crippen molar-refractivity contribution in [2.45, 2.75) is 24.9 Å². The van der Waals surface area contributed by atoms with Gasteiger partial charge in [-0.25, -0.2) is 0 Å². The standard InChI is InChI=1S/C19H20N4O3S/c1-12-8-13-9-15-16(26-7-6-25-15)10-14(13)23-18(12)20-21-19(23)27-11-17(24)22-4-2-3-5-22/h8-10H,2-7,11H2,1H3. The fourth-order valence-electron chi connectivity index (χ4n) is 3.72. The third kappa shape index (κ3) is 2.88. The third-order valence-corrected chi connectivity index (χ3v) is 5.99. The second-order valence-electron chi connectivity index (χ2n) is 6.90. The first-order valence-electron chi connectivity index (χ1n) is 9.19. The van der Waals surface area contributed by atoms with Crippen LogP contribution in [0.3, 0.4) is 0 Å². The molecule has 8 heteroatoms. The molecule has 2 aromatic heterocycles. The zero-order chi connectivity index (χ0) is 18.4. The number of benzene rings is 1. The fourth-order valence-corrected chi connectivity index (χ4v) is 4.57. The Balaban J connectivity index is 1.55. The predicted molar refractivity (Wildman–Crippen MR) is 103 cm³/mol. The number of nitrogens with zero attached hydrogens (tertiary/aromatic N) is 4. The average Bonchev–Trinajstić information content (AvgIpc) is 3.35. The van der Waals surface area contributed by atoms with Crippen molar-refractivity contribution in [1.82, 2.24) is 19.5 Å². The SMILES string of the molecule is Cc1cc2cc3c(cc2n2c(SCC(=O)N4CCCC4)nnc12)OCCO3. The molecule has 2 aliphatic rings. The lowest BCUT2D eigenvalue weighted by molar-refractivity contribution is -0.127. The summed E-state index contributed by atoms with van der Waals surface area (Å²) >= 11 is 1.44. The van der Waals surface area contributed by atoms with Gasteiger partial charge in [-0.1, -0.05) is 11.8 Å². The van der Waals surface area contributed by atoms with Gasteiger partial charge in [0.05, 0.1) is 11.3 Å². The molecule has 1 saturated heterocycles. The molecule has 5 rings (SSSR count). The maximum Gasteiger partial charge on any atom is 0.233 e. The number of thioether (sulfide) groups is 1. The van der Waals surface area contributed by atoms with Crippen molar-refractivity contribution in [3.05, 3.63) is 23.8 Å². The molecule has 0 N–H and O–H groups in total. The van der Waals surface area contributed by atoms with Crippen molar-refractivity contribution in [2.24, 2.45) is 0 Å². The van der Waals surface area contributed by atoms with Crippen LogP contribution in [0, 0.1) is 6.92 Å². The Kier molecular flexibility index (Phi) is 4.07. The van der Waals surface area contributed by atoms with Gasteiger partial charge < -0.3 is 14.4 Å². The molecule has 140 valence electrons. The van der Waals surface area contributed by atoms with Crippen molar-refractivity contribution in [1.29, 1.82) is 0 Å². The van der Waals surface area contributed by atoms with E-state index in [2.05, 4.69) is 16.3 Å². The fraction of sp³-hybridized carbons (Fsp3) is 0.421. The highest BCUT2D eigenvalue weighted by Crippen LogP contribution is 2.36. The van der Waals surface area contributed by atoms with Gasteiger partial charge in [0.15, 0.2) is 22.3 Å². The topological polar surface area (TPSA) is 69.0 Å². The molecule has 0 aliphatic carbocycles. The van der Waals surface area contributed by atoms with E-state index in [0.29, 0.717) is 19.0 Å². The van der Waals surface area contributed by atoms with Crippen LogP contribution in [0.5, 0.6) is 11.5 Å². The maximum absolute atomic E-state index is 12.4. The molecule has 0 saturated carbocycles. The lowest BCUT2D eigenvalue weighted by Gasteiger charge is -2.19. The summed E-state index contributed by atoms with van der Waals surface area (Å²) < 4.78 is 13.5. The minimum Gasteiger partial charge on any atom is -0.486 e. The number of hydrogen-bond donors (Lipinski definition) is 0. The number of rotatable bonds is 3. The van der Waals surface area contributed by atoms with Crippen LogP contribution in [0.25, 0.3) is 16.6 Å². The molecule has 0 bridgehead atoms. The van der Waals surface area contributed by atoms with Crippen molar-refractivity contribution in [3.63, 3.8) is 0 Å². The van der Waals surface area contributed by atoms with E-state index >= 15 is 0 Å². The van der Waals surface area contributed by atoms with Crippen LogP contribution >= 0.6 is 11.8 Å². The lowest BCUT2D eigenvalue weighted by Crippen LogP contribution is -2.29. The van der Waals surface area contributed by atoms with E-state index in [4.69, 9.17) is 9.47 Å². The smallest absolute Gasteiger partial charge is 0.233 e. The van der Waals surface area contributed by atoms with E-state index in [1.807, 2.05) is 28.4 Å². The summed E-state index contributed by atoms with van der Waals surface area (Å²) in [5.41, 5.74) is 2.79. The molecule has 3 aromatic rings. The lowest BCUT2D eigenvalue weighted by atomic mass is 10.1. The minimum absolute atomic E-state index is 0.167. The van der Waals surface area contributed by atoms with Gasteiger partial charge >= 0.3 is 0 Å². The first-order valence-corrected chi connectivity index (χ1v) is 10.2. The molecule has 27 heavy (non-hydrogen) atoms. The third-order valence-electron chi connectivity index (χ3n) is 5.07. The van der Waals surface area contributed by atoms with E-state index in [-0.39, 0.29) is 5.91 Å². The molecule has 4 heterocycles. The number of amides is 1. The van der Waals surface area contributed by atoms with Gasteiger partial charge in [0, 0.05) is 24.5 Å². The van der Waals surface area contributed by atoms with Crippen molar-refractivity contribution in [3.8, 4) is 11.5 Å². The van der Waals surface area contributed by atoms with Gasteiger partial charge in [-0.2, -0.15) is 0 Å². The molecule has 7 nitrogen and oxygen atoms in total. The first-order chi connectivity index (χ1) is 13.2. The van der Waals surface area contributed by atoms with Crippen molar-refractivity contribution in [2.75, 3.05) is 32.1 Å². The molecule has 1 aromatic carbocycles. The largest absolute Gasteiger partial charge is 0.486 e. The van der Waals surface area contributed by atoms with Crippen LogP contribution in [0.15, 0.2) is 23.4 Å². The van der Waals surface area contributed by atoms with E-state index in [9.17, 15) is 4.79 Å². The number of likely N-dealkylation sites (tertiary alicyclic amines) is 1. The minimum atomic E-state index is 0.167. The van der Waals surface area contributed by atoms with Crippen LogP contribution in [0.1, 0.15) is 18.4 Å². The number of ether oxygens (including phenoxy) is 2. The quantitative estimate of drug-likeness (QED) is 0.647. The summed E-state index contributed by atoms with van der Waals surface area (Å²) in [6.45, 7) is 4.86. The Morgan fingerprint density at radius 3 is 2.63 bits per heavy atom. The summed E-state index contributed by atoms with van der Waals surface area (Å²) in [5.74, 6) is 2.04. The number of carbonyl (C=O) groups excluding carboxylic acids is 1. The number of aromatic nitrogens is 3. The van der Waals surface area contributed by atoms with Crippen LogP contribution in [-0.4, -0.2) is 57.5 Å². The summed E-state index contributed by atoms with van der Waals surface area (Å²) in [5, 5.41) is 10.5. The first kappa shape index (κ1) is 16.7. The Hall–Kier alpha value is -2.48. The molecular formula is C19H20N4O3S. The maximum atomic E-state index is 12.4. The average molecular weight is 384 g/mol. The normalized spacial score (nSPS) is 16.4. The van der Waals surface area contributed by atoms with Gasteiger partial charge in [-0.15, -0.1) is 10.2 Å². The molecule has 1 fully saturated rings. The van der Waals surface area contributed by atoms with Crippen LogP contribution in [-0.2, 0) is 4.79 Å². The second-order valence-corrected chi connectivity index (χ2v) is 7.84. The molecular weight excluding hydrogens is 364 g/mol. The van der Waals surface area contributed by atoms with Gasteiger partial charge in [-0.3, -0.25) is 9.20 Å². The number of pyridine rings is 1. The van der Waals surface area contributed by atoms with E-state index in [0.717, 1.165) is 64.7 Å². The highest BCUT2D eigenvalue weighted by molar-refractivity contribution is 7.99. The molecule has 0 atom stereocenters. The highest BCUT2D eigenvalue weighted by atomic mass is 32.2. The molecule has 1 amide bonds. The van der Waals surface area contributed by atoms with Crippen LogP contribution < -0.4 is 9.47 Å². The molecule has 2 aliphatic heterocycles. The van der Waals surface area contributed by atoms with Gasteiger partial charge in [0.1, 0.15) is 13.2 Å². The van der Waals surface area contributed by atoms with Crippen LogP contribution in [0.2, 0.25) is 0 Å². The van der Waals surface area contributed by atoms with Gasteiger partial charge in [0.25, 0.3) is 0 Å². The zero-order valence-corrected chi connectivity index (χ0v) is 15.9. The Labute approximate surface area is 160 Å². The molecule has 0 radical (unpaired) electrons. The molecule has 0 spiro atoms. The second kappa shape index (κ2) is 6.60. The summed E-state index contributed by atoms with van der Waals surface area (Å²) in [6.07, 6.45) is 2.20. The summed E-state index contributed by atoms with van der Waals surface area (Å²) in [7, 11) is 0. The Bertz CT molecular complexity index is 1040. The summed E-state index contributed by atoms with van der Waals surface area (Å²) in [6, 6.07) is 6.06. The monoisotopic (exact) mass is 384 g/mol. The Morgan fingerprint density at radius 1 is 1.11 bits per heavy atom. The number of hydrogen-bond acceptors (Lipinski definition) is 6. The summed E-state index contributed by atoms with van der Waals surface area (Å²) in [4.78, 5) is 14.3. The van der Waals surface area contributed by atoms with Gasteiger partial charge in [-0.05, 0) is 37.5 Å².